The zero-order valence-electron chi connectivity index (χ0n) is 16.0. The van der Waals surface area contributed by atoms with Crippen LogP contribution < -0.4 is 4.74 Å². The van der Waals surface area contributed by atoms with Crippen LogP contribution in [0.3, 0.4) is 0 Å². The topological polar surface area (TPSA) is 59.8 Å². The second kappa shape index (κ2) is 6.63. The molecule has 1 aromatic heterocycles. The van der Waals surface area contributed by atoms with Crippen molar-refractivity contribution in [2.45, 2.75) is 31.8 Å². The fourth-order valence-corrected chi connectivity index (χ4v) is 4.56. The van der Waals surface area contributed by atoms with Gasteiger partial charge < -0.3 is 14.1 Å². The highest BCUT2D eigenvalue weighted by atomic mass is 35.5. The molecule has 1 amide bonds. The Morgan fingerprint density at radius 2 is 1.90 bits per heavy atom. The van der Waals surface area contributed by atoms with Gasteiger partial charge in [0.15, 0.2) is 11.5 Å². The SMILES string of the molecule is Cc1c(C(=O)N2CCC3(CC2)CC(=O)c2cc(Cl)ccc2O3)oc2ccccc12. The molecule has 1 fully saturated rings. The number of halogens is 1. The summed E-state index contributed by atoms with van der Waals surface area (Å²) in [6.45, 7) is 2.95. The number of rotatable bonds is 1. The summed E-state index contributed by atoms with van der Waals surface area (Å²) in [6, 6.07) is 12.8. The van der Waals surface area contributed by atoms with Gasteiger partial charge in [0, 0.05) is 41.9 Å². The largest absolute Gasteiger partial charge is 0.486 e. The summed E-state index contributed by atoms with van der Waals surface area (Å²) in [7, 11) is 0. The smallest absolute Gasteiger partial charge is 0.289 e. The minimum absolute atomic E-state index is 0.0432. The number of ketones is 1. The molecule has 0 atom stereocenters. The van der Waals surface area contributed by atoms with Crippen LogP contribution in [0.15, 0.2) is 46.9 Å². The Morgan fingerprint density at radius 3 is 2.66 bits per heavy atom. The molecule has 2 aliphatic heterocycles. The lowest BCUT2D eigenvalue weighted by Crippen LogP contribution is -2.52. The summed E-state index contributed by atoms with van der Waals surface area (Å²) >= 11 is 6.01. The molecule has 0 saturated carbocycles. The molecule has 5 nitrogen and oxygen atoms in total. The van der Waals surface area contributed by atoms with Crippen LogP contribution in [-0.4, -0.2) is 35.3 Å². The molecule has 1 saturated heterocycles. The summed E-state index contributed by atoms with van der Waals surface area (Å²) in [5.41, 5.74) is 1.57. The van der Waals surface area contributed by atoms with Crippen molar-refractivity contribution in [3.05, 3.63) is 64.4 Å². The van der Waals surface area contributed by atoms with E-state index in [1.807, 2.05) is 31.2 Å². The van der Waals surface area contributed by atoms with Crippen molar-refractivity contribution in [2.75, 3.05) is 13.1 Å². The normalized spacial score (nSPS) is 18.0. The number of piperidine rings is 1. The standard InChI is InChI=1S/C23H20ClNO4/c1-14-16-4-2-3-5-19(16)28-21(14)22(27)25-10-8-23(9-11-25)13-18(26)17-12-15(24)6-7-20(17)29-23/h2-7,12H,8-11,13H2,1H3. The van der Waals surface area contributed by atoms with Gasteiger partial charge in [0.2, 0.25) is 0 Å². The molecule has 3 aromatic rings. The highest BCUT2D eigenvalue weighted by Crippen LogP contribution is 2.40. The minimum Gasteiger partial charge on any atom is -0.486 e. The first-order valence-electron chi connectivity index (χ1n) is 9.75. The third-order valence-electron chi connectivity index (χ3n) is 6.05. The molecule has 3 heterocycles. The number of ether oxygens (including phenoxy) is 1. The number of hydrogen-bond donors (Lipinski definition) is 0. The lowest BCUT2D eigenvalue weighted by atomic mass is 9.82. The quantitative estimate of drug-likeness (QED) is 0.565. The summed E-state index contributed by atoms with van der Waals surface area (Å²) in [5.74, 6) is 0.908. The van der Waals surface area contributed by atoms with Crippen molar-refractivity contribution in [1.82, 2.24) is 4.90 Å². The van der Waals surface area contributed by atoms with Crippen LogP contribution in [0, 0.1) is 6.92 Å². The number of likely N-dealkylation sites (tertiary alicyclic amines) is 1. The average molecular weight is 410 g/mol. The van der Waals surface area contributed by atoms with Gasteiger partial charge in [-0.3, -0.25) is 9.59 Å². The van der Waals surface area contributed by atoms with Crippen LogP contribution in [0.25, 0.3) is 11.0 Å². The Labute approximate surface area is 173 Å². The van der Waals surface area contributed by atoms with Gasteiger partial charge in [0.1, 0.15) is 16.9 Å². The molecule has 2 aliphatic rings. The van der Waals surface area contributed by atoms with Crippen molar-refractivity contribution in [2.24, 2.45) is 0 Å². The van der Waals surface area contributed by atoms with E-state index in [0.29, 0.717) is 54.4 Å². The zero-order chi connectivity index (χ0) is 20.2. The molecule has 29 heavy (non-hydrogen) atoms. The molecule has 0 aliphatic carbocycles. The van der Waals surface area contributed by atoms with Crippen LogP contribution in [0.4, 0.5) is 0 Å². The van der Waals surface area contributed by atoms with E-state index in [1.54, 1.807) is 23.1 Å². The fourth-order valence-electron chi connectivity index (χ4n) is 4.38. The highest BCUT2D eigenvalue weighted by Gasteiger charge is 2.44. The van der Waals surface area contributed by atoms with Gasteiger partial charge >= 0.3 is 0 Å². The van der Waals surface area contributed by atoms with Crippen molar-refractivity contribution in [3.8, 4) is 5.75 Å². The number of Topliss-reactive ketones (excluding diaryl/α,β-unsaturated/α-hetero) is 1. The summed E-state index contributed by atoms with van der Waals surface area (Å²) in [5, 5.41) is 1.49. The van der Waals surface area contributed by atoms with Crippen LogP contribution in [0.1, 0.15) is 45.7 Å². The van der Waals surface area contributed by atoms with Crippen molar-refractivity contribution < 1.29 is 18.7 Å². The van der Waals surface area contributed by atoms with Crippen molar-refractivity contribution in [1.29, 1.82) is 0 Å². The van der Waals surface area contributed by atoms with Gasteiger partial charge in [-0.15, -0.1) is 0 Å². The Bertz CT molecular complexity index is 1140. The molecule has 2 aromatic carbocycles. The molecule has 1 spiro atoms. The predicted molar refractivity (Wildman–Crippen MR) is 110 cm³/mol. The fraction of sp³-hybridized carbons (Fsp3) is 0.304. The van der Waals surface area contributed by atoms with Crippen molar-refractivity contribution in [3.63, 3.8) is 0 Å². The Morgan fingerprint density at radius 1 is 1.14 bits per heavy atom. The first kappa shape index (κ1) is 18.3. The second-order valence-electron chi connectivity index (χ2n) is 7.87. The molecular weight excluding hydrogens is 390 g/mol. The Balaban J connectivity index is 1.35. The Hall–Kier alpha value is -2.79. The first-order valence-corrected chi connectivity index (χ1v) is 10.1. The Kier molecular flexibility index (Phi) is 4.17. The number of carbonyl (C=O) groups excluding carboxylic acids is 2. The lowest BCUT2D eigenvalue weighted by Gasteiger charge is -2.43. The maximum absolute atomic E-state index is 13.1. The van der Waals surface area contributed by atoms with E-state index < -0.39 is 5.60 Å². The molecule has 0 N–H and O–H groups in total. The predicted octanol–water partition coefficient (Wildman–Crippen LogP) is 5.03. The van der Waals surface area contributed by atoms with E-state index in [-0.39, 0.29) is 11.7 Å². The van der Waals surface area contributed by atoms with Gasteiger partial charge in [-0.25, -0.2) is 0 Å². The van der Waals surface area contributed by atoms with E-state index in [0.717, 1.165) is 16.5 Å². The maximum atomic E-state index is 13.1. The van der Waals surface area contributed by atoms with E-state index in [9.17, 15) is 9.59 Å². The van der Waals surface area contributed by atoms with Crippen LogP contribution in [0.5, 0.6) is 5.75 Å². The average Bonchev–Trinajstić information content (AvgIpc) is 3.06. The molecule has 0 bridgehead atoms. The summed E-state index contributed by atoms with van der Waals surface area (Å²) in [4.78, 5) is 27.5. The van der Waals surface area contributed by atoms with Crippen LogP contribution in [0.2, 0.25) is 5.02 Å². The molecular formula is C23H20ClNO4. The summed E-state index contributed by atoms with van der Waals surface area (Å²) in [6.07, 6.45) is 1.52. The minimum atomic E-state index is -0.558. The number of amides is 1. The monoisotopic (exact) mass is 409 g/mol. The third kappa shape index (κ3) is 3.01. The van der Waals surface area contributed by atoms with Gasteiger partial charge in [0.25, 0.3) is 5.91 Å². The van der Waals surface area contributed by atoms with E-state index >= 15 is 0 Å². The van der Waals surface area contributed by atoms with Crippen molar-refractivity contribution >= 4 is 34.3 Å². The van der Waals surface area contributed by atoms with Crippen LogP contribution >= 0.6 is 11.6 Å². The number of fused-ring (bicyclic) bond motifs is 2. The molecule has 148 valence electrons. The first-order chi connectivity index (χ1) is 14.0. The van der Waals surface area contributed by atoms with Gasteiger partial charge in [0.05, 0.1) is 12.0 Å². The number of nitrogens with zero attached hydrogens (tertiary/aromatic N) is 1. The molecule has 5 rings (SSSR count). The number of para-hydroxylation sites is 1. The van der Waals surface area contributed by atoms with Crippen LogP contribution in [-0.2, 0) is 0 Å². The number of hydrogen-bond acceptors (Lipinski definition) is 4. The van der Waals surface area contributed by atoms with E-state index in [4.69, 9.17) is 20.8 Å². The number of benzene rings is 2. The maximum Gasteiger partial charge on any atom is 0.289 e. The third-order valence-corrected chi connectivity index (χ3v) is 6.29. The van der Waals surface area contributed by atoms with Gasteiger partial charge in [-0.05, 0) is 31.2 Å². The zero-order valence-corrected chi connectivity index (χ0v) is 16.8. The lowest BCUT2D eigenvalue weighted by molar-refractivity contribution is -0.00639. The van der Waals surface area contributed by atoms with Gasteiger partial charge in [-0.2, -0.15) is 0 Å². The summed E-state index contributed by atoms with van der Waals surface area (Å²) < 4.78 is 12.1. The second-order valence-corrected chi connectivity index (χ2v) is 8.31. The van der Waals surface area contributed by atoms with Gasteiger partial charge in [-0.1, -0.05) is 29.8 Å². The number of aryl methyl sites for hydroxylation is 1. The number of furan rings is 1. The number of carbonyl (C=O) groups is 2. The molecule has 0 radical (unpaired) electrons. The molecule has 0 unspecified atom stereocenters. The van der Waals surface area contributed by atoms with E-state index in [2.05, 4.69) is 0 Å². The highest BCUT2D eigenvalue weighted by molar-refractivity contribution is 6.31. The molecule has 6 heteroatoms. The van der Waals surface area contributed by atoms with E-state index in [1.165, 1.54) is 0 Å².